The Hall–Kier alpha value is -1.74. The van der Waals surface area contributed by atoms with Gasteiger partial charge in [0, 0.05) is 12.2 Å². The first-order valence-electron chi connectivity index (χ1n) is 5.90. The normalized spacial score (nSPS) is 23.5. The Morgan fingerprint density at radius 2 is 2.11 bits per heavy atom. The van der Waals surface area contributed by atoms with Crippen molar-refractivity contribution in [2.24, 2.45) is 0 Å². The number of anilines is 1. The molecule has 1 aromatic carbocycles. The Labute approximate surface area is 108 Å². The lowest BCUT2D eigenvalue weighted by atomic mass is 10.1. The molecule has 1 heterocycles. The molecule has 1 fully saturated rings. The van der Waals surface area contributed by atoms with Crippen molar-refractivity contribution in [3.63, 3.8) is 0 Å². The van der Waals surface area contributed by atoms with E-state index in [0.717, 1.165) is 6.07 Å². The maximum absolute atomic E-state index is 13.0. The van der Waals surface area contributed by atoms with Gasteiger partial charge in [0.15, 0.2) is 0 Å². The Morgan fingerprint density at radius 3 is 2.58 bits per heavy atom. The smallest absolute Gasteiger partial charge is 0.391 e. The van der Waals surface area contributed by atoms with E-state index in [-0.39, 0.29) is 17.3 Å². The van der Waals surface area contributed by atoms with E-state index in [2.05, 4.69) is 0 Å². The van der Waals surface area contributed by atoms with Crippen molar-refractivity contribution in [2.75, 3.05) is 11.4 Å². The third-order valence-corrected chi connectivity index (χ3v) is 3.45. The maximum Gasteiger partial charge on any atom is 0.418 e. The molecule has 6 heteroatoms. The van der Waals surface area contributed by atoms with Crippen LogP contribution in [0, 0.1) is 11.3 Å². The van der Waals surface area contributed by atoms with Crippen molar-refractivity contribution in [2.45, 2.75) is 31.7 Å². The summed E-state index contributed by atoms with van der Waals surface area (Å²) >= 11 is 0. The van der Waals surface area contributed by atoms with Crippen LogP contribution in [0.1, 0.15) is 24.5 Å². The molecular weight excluding hydrogens is 257 g/mol. The fourth-order valence-electron chi connectivity index (χ4n) is 2.35. The first-order valence-corrected chi connectivity index (χ1v) is 5.90. The Kier molecular flexibility index (Phi) is 3.42. The molecule has 2 rings (SSSR count). The van der Waals surface area contributed by atoms with Gasteiger partial charge in [-0.05, 0) is 31.5 Å². The van der Waals surface area contributed by atoms with Crippen molar-refractivity contribution in [1.82, 2.24) is 0 Å². The van der Waals surface area contributed by atoms with Gasteiger partial charge in [-0.25, -0.2) is 0 Å². The summed E-state index contributed by atoms with van der Waals surface area (Å²) in [6.07, 6.45) is -4.70. The van der Waals surface area contributed by atoms with E-state index in [1.807, 2.05) is 0 Å². The molecule has 3 nitrogen and oxygen atoms in total. The van der Waals surface area contributed by atoms with Crippen molar-refractivity contribution in [3.05, 3.63) is 29.3 Å². The molecule has 0 spiro atoms. The van der Waals surface area contributed by atoms with Crippen molar-refractivity contribution >= 4 is 5.69 Å². The molecule has 0 saturated carbocycles. The number of alkyl halides is 3. The lowest BCUT2D eigenvalue weighted by Gasteiger charge is -2.28. The third kappa shape index (κ3) is 2.51. The number of halogens is 3. The second kappa shape index (κ2) is 4.74. The molecule has 102 valence electrons. The number of nitriles is 1. The predicted octanol–water partition coefficient (Wildman–Crippen LogP) is 2.54. The maximum atomic E-state index is 13.0. The monoisotopic (exact) mass is 270 g/mol. The Bertz CT molecular complexity index is 522. The number of aliphatic hydroxyl groups is 1. The first-order chi connectivity index (χ1) is 8.84. The standard InChI is InChI=1S/C13H13F3N2O/c1-8-12(19)4-5-18(8)11-3-2-9(7-17)6-10(11)13(14,15)16/h2-3,6,8,12,19H,4-5H2,1H3. The van der Waals surface area contributed by atoms with Crippen LogP contribution in [0.5, 0.6) is 0 Å². The van der Waals surface area contributed by atoms with Crippen LogP contribution < -0.4 is 4.90 Å². The van der Waals surface area contributed by atoms with Gasteiger partial charge < -0.3 is 10.0 Å². The molecule has 0 radical (unpaired) electrons. The summed E-state index contributed by atoms with van der Waals surface area (Å²) in [7, 11) is 0. The minimum atomic E-state index is -4.52. The summed E-state index contributed by atoms with van der Waals surface area (Å²) < 4.78 is 39.1. The second-order valence-corrected chi connectivity index (χ2v) is 4.63. The van der Waals surface area contributed by atoms with Crippen LogP contribution >= 0.6 is 0 Å². The zero-order chi connectivity index (χ0) is 14.2. The van der Waals surface area contributed by atoms with Crippen LogP contribution in [-0.4, -0.2) is 23.8 Å². The fourth-order valence-corrected chi connectivity index (χ4v) is 2.35. The van der Waals surface area contributed by atoms with E-state index >= 15 is 0 Å². The minimum Gasteiger partial charge on any atom is -0.391 e. The summed E-state index contributed by atoms with van der Waals surface area (Å²) in [6, 6.07) is 4.86. The van der Waals surface area contributed by atoms with E-state index in [0.29, 0.717) is 13.0 Å². The van der Waals surface area contributed by atoms with Crippen LogP contribution in [-0.2, 0) is 6.18 Å². The molecule has 2 unspecified atom stereocenters. The van der Waals surface area contributed by atoms with Gasteiger partial charge in [0.1, 0.15) is 0 Å². The highest BCUT2D eigenvalue weighted by molar-refractivity contribution is 5.59. The van der Waals surface area contributed by atoms with Gasteiger partial charge in [0.25, 0.3) is 0 Å². The van der Waals surface area contributed by atoms with E-state index in [1.165, 1.54) is 17.0 Å². The van der Waals surface area contributed by atoms with Gasteiger partial charge in [-0.3, -0.25) is 0 Å². The largest absolute Gasteiger partial charge is 0.418 e. The third-order valence-electron chi connectivity index (χ3n) is 3.45. The summed E-state index contributed by atoms with van der Waals surface area (Å²) in [6.45, 7) is 2.06. The van der Waals surface area contributed by atoms with Crippen LogP contribution in [0.15, 0.2) is 18.2 Å². The zero-order valence-electron chi connectivity index (χ0n) is 10.3. The predicted molar refractivity (Wildman–Crippen MR) is 63.6 cm³/mol. The molecule has 2 atom stereocenters. The quantitative estimate of drug-likeness (QED) is 0.853. The Balaban J connectivity index is 2.49. The highest BCUT2D eigenvalue weighted by Gasteiger charge is 2.38. The van der Waals surface area contributed by atoms with E-state index < -0.39 is 17.8 Å². The van der Waals surface area contributed by atoms with E-state index in [9.17, 15) is 18.3 Å². The summed E-state index contributed by atoms with van der Waals surface area (Å²) in [5, 5.41) is 18.4. The highest BCUT2D eigenvalue weighted by Crippen LogP contribution is 2.39. The average Bonchev–Trinajstić information content (AvgIpc) is 2.68. The number of rotatable bonds is 1. The number of aliphatic hydroxyl groups excluding tert-OH is 1. The second-order valence-electron chi connectivity index (χ2n) is 4.63. The molecule has 0 aliphatic carbocycles. The molecule has 0 amide bonds. The molecule has 0 bridgehead atoms. The van der Waals surface area contributed by atoms with Crippen molar-refractivity contribution in [1.29, 1.82) is 5.26 Å². The van der Waals surface area contributed by atoms with E-state index in [4.69, 9.17) is 5.26 Å². The van der Waals surface area contributed by atoms with Gasteiger partial charge in [-0.15, -0.1) is 0 Å². The number of hydrogen-bond acceptors (Lipinski definition) is 3. The van der Waals surface area contributed by atoms with Gasteiger partial charge in [0.05, 0.1) is 29.3 Å². The average molecular weight is 270 g/mol. The number of hydrogen-bond donors (Lipinski definition) is 1. The van der Waals surface area contributed by atoms with Crippen molar-refractivity contribution < 1.29 is 18.3 Å². The molecule has 0 aromatic heterocycles. The minimum absolute atomic E-state index is 0.0237. The van der Waals surface area contributed by atoms with Crippen LogP contribution in [0.3, 0.4) is 0 Å². The van der Waals surface area contributed by atoms with Crippen LogP contribution in [0.2, 0.25) is 0 Å². The SMILES string of the molecule is CC1C(O)CCN1c1ccc(C#N)cc1C(F)(F)F. The van der Waals surface area contributed by atoms with Crippen LogP contribution in [0.4, 0.5) is 18.9 Å². The Morgan fingerprint density at radius 1 is 1.42 bits per heavy atom. The summed E-state index contributed by atoms with van der Waals surface area (Å²) in [4.78, 5) is 1.54. The molecular formula is C13H13F3N2O. The molecule has 19 heavy (non-hydrogen) atoms. The number of benzene rings is 1. The summed E-state index contributed by atoms with van der Waals surface area (Å²) in [5.41, 5.74) is -0.827. The van der Waals surface area contributed by atoms with E-state index in [1.54, 1.807) is 13.0 Å². The van der Waals surface area contributed by atoms with Gasteiger partial charge >= 0.3 is 6.18 Å². The van der Waals surface area contributed by atoms with Gasteiger partial charge in [0.2, 0.25) is 0 Å². The fraction of sp³-hybridized carbons (Fsp3) is 0.462. The molecule has 1 aliphatic rings. The highest BCUT2D eigenvalue weighted by atomic mass is 19.4. The number of nitrogens with zero attached hydrogens (tertiary/aromatic N) is 2. The molecule has 1 aromatic rings. The molecule has 1 aliphatic heterocycles. The summed E-state index contributed by atoms with van der Waals surface area (Å²) in [5.74, 6) is 0. The molecule has 1 N–H and O–H groups in total. The topological polar surface area (TPSA) is 47.3 Å². The lowest BCUT2D eigenvalue weighted by Crippen LogP contribution is -2.33. The van der Waals surface area contributed by atoms with Crippen molar-refractivity contribution in [3.8, 4) is 6.07 Å². The lowest BCUT2D eigenvalue weighted by molar-refractivity contribution is -0.137. The van der Waals surface area contributed by atoms with Gasteiger partial charge in [-0.2, -0.15) is 18.4 Å². The van der Waals surface area contributed by atoms with Crippen LogP contribution in [0.25, 0.3) is 0 Å². The zero-order valence-corrected chi connectivity index (χ0v) is 10.3. The molecule has 1 saturated heterocycles. The first kappa shape index (κ1) is 13.7. The van der Waals surface area contributed by atoms with Gasteiger partial charge in [-0.1, -0.05) is 0 Å².